The normalized spacial score (nSPS) is 9.21. The molecule has 1 amide bonds. The molecule has 5 nitrogen and oxygen atoms in total. The van der Waals surface area contributed by atoms with Crippen molar-refractivity contribution in [3.05, 3.63) is 24.3 Å². The highest BCUT2D eigenvalue weighted by molar-refractivity contribution is 6.35. The van der Waals surface area contributed by atoms with Crippen LogP contribution in [0.5, 0.6) is 5.75 Å². The Morgan fingerprint density at radius 2 is 1.86 bits per heavy atom. The lowest BCUT2D eigenvalue weighted by atomic mass is 10.3. The molecule has 1 rings (SSSR count). The van der Waals surface area contributed by atoms with Crippen molar-refractivity contribution in [2.24, 2.45) is 0 Å². The second-order valence-electron chi connectivity index (χ2n) is 2.47. The van der Waals surface area contributed by atoms with Gasteiger partial charge in [0.1, 0.15) is 11.7 Å². The van der Waals surface area contributed by atoms with Crippen LogP contribution in [-0.2, 0) is 9.59 Å². The van der Waals surface area contributed by atoms with E-state index in [0.717, 1.165) is 0 Å². The molecule has 0 fully saturated rings. The van der Waals surface area contributed by atoms with E-state index in [4.69, 9.17) is 4.74 Å². The smallest absolute Gasteiger partial charge is 0.271 e. The van der Waals surface area contributed by atoms with E-state index in [-0.39, 0.29) is 0 Å². The van der Waals surface area contributed by atoms with E-state index in [1.165, 1.54) is 19.2 Å². The van der Waals surface area contributed by atoms with Gasteiger partial charge in [0.25, 0.3) is 5.91 Å². The van der Waals surface area contributed by atoms with Gasteiger partial charge in [-0.3, -0.25) is 4.79 Å². The van der Waals surface area contributed by atoms with Crippen molar-refractivity contribution in [2.45, 2.75) is 0 Å². The number of amides is 1. The summed E-state index contributed by atoms with van der Waals surface area (Å²) < 4.78 is 4.88. The van der Waals surface area contributed by atoms with Gasteiger partial charge in [0.05, 0.1) is 7.11 Å². The number of rotatable bonds is 2. The summed E-state index contributed by atoms with van der Waals surface area (Å²) in [5.41, 5.74) is 0.375. The van der Waals surface area contributed by atoms with E-state index >= 15 is 0 Å². The van der Waals surface area contributed by atoms with Gasteiger partial charge in [-0.2, -0.15) is 0 Å². The molecular weight excluding hydrogens is 186 g/mol. The lowest BCUT2D eigenvalue weighted by molar-refractivity contribution is -0.299. The van der Waals surface area contributed by atoms with Gasteiger partial charge in [0.15, 0.2) is 0 Å². The number of methoxy groups -OCH3 is 1. The summed E-state index contributed by atoms with van der Waals surface area (Å²) in [6, 6.07) is 6.26. The van der Waals surface area contributed by atoms with Crippen LogP contribution in [0.4, 0.5) is 5.69 Å². The summed E-state index contributed by atoms with van der Waals surface area (Å²) in [6.07, 6.45) is 0. The standard InChI is InChI=1S/C9H9NO4/c1-14-7-4-2-6(3-5-7)10-8(11)9(12)13/h2-5H,1H3,(H,10,11)(H,12,13)/p-1. The molecule has 0 radical (unpaired) electrons. The lowest BCUT2D eigenvalue weighted by Gasteiger charge is -2.05. The molecule has 74 valence electrons. The number of carbonyl (C=O) groups is 2. The number of anilines is 1. The minimum Gasteiger partial charge on any atom is -0.540 e. The highest BCUT2D eigenvalue weighted by atomic mass is 16.5. The third-order valence-electron chi connectivity index (χ3n) is 1.53. The van der Waals surface area contributed by atoms with E-state index in [0.29, 0.717) is 11.4 Å². The molecule has 0 spiro atoms. The van der Waals surface area contributed by atoms with Crippen molar-refractivity contribution in [1.29, 1.82) is 0 Å². The fourth-order valence-corrected chi connectivity index (χ4v) is 0.856. The summed E-state index contributed by atoms with van der Waals surface area (Å²) in [4.78, 5) is 20.7. The molecule has 0 aliphatic heterocycles. The predicted octanol–water partition coefficient (Wildman–Crippen LogP) is -0.616. The predicted molar refractivity (Wildman–Crippen MR) is 46.6 cm³/mol. The Morgan fingerprint density at radius 3 is 2.29 bits per heavy atom. The van der Waals surface area contributed by atoms with Crippen molar-refractivity contribution < 1.29 is 19.4 Å². The monoisotopic (exact) mass is 194 g/mol. The van der Waals surface area contributed by atoms with Gasteiger partial charge in [-0.15, -0.1) is 0 Å². The SMILES string of the molecule is COc1ccc(NC(=O)C(=O)[O-])cc1. The van der Waals surface area contributed by atoms with Gasteiger partial charge >= 0.3 is 0 Å². The Hall–Kier alpha value is -2.04. The fraction of sp³-hybridized carbons (Fsp3) is 0.111. The molecule has 0 bridgehead atoms. The quantitative estimate of drug-likeness (QED) is 0.636. The number of carboxylic acid groups (broad SMARTS) is 1. The topological polar surface area (TPSA) is 78.5 Å². The van der Waals surface area contributed by atoms with E-state index < -0.39 is 11.9 Å². The third-order valence-corrected chi connectivity index (χ3v) is 1.53. The summed E-state index contributed by atoms with van der Waals surface area (Å²) >= 11 is 0. The van der Waals surface area contributed by atoms with Gasteiger partial charge in [-0.1, -0.05) is 0 Å². The van der Waals surface area contributed by atoms with Crippen LogP contribution in [-0.4, -0.2) is 19.0 Å². The zero-order valence-corrected chi connectivity index (χ0v) is 7.44. The van der Waals surface area contributed by atoms with Crippen LogP contribution in [0, 0.1) is 0 Å². The van der Waals surface area contributed by atoms with Crippen molar-refractivity contribution in [2.75, 3.05) is 12.4 Å². The highest BCUT2D eigenvalue weighted by Gasteiger charge is 2.01. The minimum absolute atomic E-state index is 0.375. The summed E-state index contributed by atoms with van der Waals surface area (Å²) in [5.74, 6) is -2.31. The van der Waals surface area contributed by atoms with Gasteiger partial charge in [0.2, 0.25) is 0 Å². The number of benzene rings is 1. The zero-order chi connectivity index (χ0) is 10.6. The Balaban J connectivity index is 2.69. The van der Waals surface area contributed by atoms with Crippen LogP contribution in [0.2, 0.25) is 0 Å². The number of nitrogens with one attached hydrogen (secondary N) is 1. The molecule has 0 aliphatic carbocycles. The Kier molecular flexibility index (Phi) is 3.06. The maximum atomic E-state index is 10.7. The molecule has 0 heterocycles. The molecule has 0 atom stereocenters. The average molecular weight is 194 g/mol. The number of hydrogen-bond acceptors (Lipinski definition) is 4. The fourth-order valence-electron chi connectivity index (χ4n) is 0.856. The molecule has 0 saturated carbocycles. The van der Waals surface area contributed by atoms with E-state index in [9.17, 15) is 14.7 Å². The first-order valence-corrected chi connectivity index (χ1v) is 3.80. The first-order valence-electron chi connectivity index (χ1n) is 3.80. The van der Waals surface area contributed by atoms with Crippen molar-refractivity contribution in [3.63, 3.8) is 0 Å². The maximum absolute atomic E-state index is 10.7. The first kappa shape index (κ1) is 10.0. The van der Waals surface area contributed by atoms with Crippen LogP contribution in [0.15, 0.2) is 24.3 Å². The number of aliphatic carboxylic acids is 1. The second-order valence-corrected chi connectivity index (χ2v) is 2.47. The molecular formula is C9H8NO4-. The van der Waals surface area contributed by atoms with Gasteiger partial charge < -0.3 is 20.0 Å². The summed E-state index contributed by atoms with van der Waals surface area (Å²) in [5, 5.41) is 12.2. The van der Waals surface area contributed by atoms with Gasteiger partial charge in [-0.05, 0) is 24.3 Å². The molecule has 0 saturated heterocycles. The van der Waals surface area contributed by atoms with Crippen molar-refractivity contribution >= 4 is 17.6 Å². The van der Waals surface area contributed by atoms with Crippen molar-refractivity contribution in [3.8, 4) is 5.75 Å². The summed E-state index contributed by atoms with van der Waals surface area (Å²) in [7, 11) is 1.51. The van der Waals surface area contributed by atoms with E-state index in [1.807, 2.05) is 0 Å². The zero-order valence-electron chi connectivity index (χ0n) is 7.44. The average Bonchev–Trinajstić information content (AvgIpc) is 2.19. The van der Waals surface area contributed by atoms with Crippen LogP contribution in [0.1, 0.15) is 0 Å². The number of carboxylic acids is 1. The lowest BCUT2D eigenvalue weighted by Crippen LogP contribution is -2.36. The number of ether oxygens (including phenoxy) is 1. The van der Waals surface area contributed by atoms with Gasteiger partial charge in [-0.25, -0.2) is 0 Å². The first-order chi connectivity index (χ1) is 6.63. The Morgan fingerprint density at radius 1 is 1.29 bits per heavy atom. The van der Waals surface area contributed by atoms with Gasteiger partial charge in [0, 0.05) is 5.69 Å². The van der Waals surface area contributed by atoms with Crippen molar-refractivity contribution in [1.82, 2.24) is 0 Å². The summed E-state index contributed by atoms with van der Waals surface area (Å²) in [6.45, 7) is 0. The van der Waals surface area contributed by atoms with E-state index in [2.05, 4.69) is 5.32 Å². The largest absolute Gasteiger partial charge is 0.540 e. The molecule has 14 heavy (non-hydrogen) atoms. The van der Waals surface area contributed by atoms with Crippen LogP contribution in [0.3, 0.4) is 0 Å². The molecule has 1 aromatic carbocycles. The Bertz CT molecular complexity index is 344. The number of carbonyl (C=O) groups excluding carboxylic acids is 2. The Labute approximate surface area is 80.3 Å². The molecule has 1 aromatic rings. The van der Waals surface area contributed by atoms with Crippen LogP contribution >= 0.6 is 0 Å². The minimum atomic E-state index is -1.76. The van der Waals surface area contributed by atoms with Crippen LogP contribution in [0.25, 0.3) is 0 Å². The van der Waals surface area contributed by atoms with Crippen LogP contribution < -0.4 is 15.2 Å². The van der Waals surface area contributed by atoms with E-state index in [1.54, 1.807) is 12.1 Å². The second kappa shape index (κ2) is 4.27. The third kappa shape index (κ3) is 2.48. The maximum Gasteiger partial charge on any atom is 0.271 e. The molecule has 0 unspecified atom stereocenters. The molecule has 1 N–H and O–H groups in total. The number of hydrogen-bond donors (Lipinski definition) is 1. The molecule has 0 aromatic heterocycles. The molecule has 0 aliphatic rings. The molecule has 5 heteroatoms. The highest BCUT2D eigenvalue weighted by Crippen LogP contribution is 2.14.